The number of phenols is 1. The van der Waals surface area contributed by atoms with Crippen molar-refractivity contribution in [3.8, 4) is 22.8 Å². The molecule has 4 aromatic rings. The number of likely N-dealkylation sites (N-methyl/N-ethyl adjacent to an activating group) is 1. The van der Waals surface area contributed by atoms with Crippen LogP contribution in [0, 0.1) is 0 Å². The standard InChI is InChI=1S/C33H39N3O3/c1-5-7-16-25-22-24-15-11-12-17-26(24)33(35-25)39-21-20-36(3,4)29(6-2)27-18-19-28(32(34)38)31(37)30(27)23-13-9-8-10-14-23/h8-15,17-19,22,29H,5-7,16,20-21H2,1-4H3,(H2-,34,37,38)/p+1. The normalized spacial score (nSPS) is 12.4. The summed E-state index contributed by atoms with van der Waals surface area (Å²) in [5, 5.41) is 13.3. The molecule has 0 fully saturated rings. The molecule has 0 radical (unpaired) electrons. The van der Waals surface area contributed by atoms with Crippen LogP contribution in [0.1, 0.15) is 60.8 Å². The fourth-order valence-corrected chi connectivity index (χ4v) is 5.43. The Hall–Kier alpha value is -3.90. The molecule has 0 aliphatic heterocycles. The number of pyridine rings is 1. The summed E-state index contributed by atoms with van der Waals surface area (Å²) >= 11 is 0. The molecule has 6 heteroatoms. The van der Waals surface area contributed by atoms with Crippen LogP contribution in [0.3, 0.4) is 0 Å². The molecule has 6 nitrogen and oxygen atoms in total. The van der Waals surface area contributed by atoms with E-state index in [1.165, 1.54) is 0 Å². The van der Waals surface area contributed by atoms with Gasteiger partial charge < -0.3 is 20.1 Å². The van der Waals surface area contributed by atoms with Gasteiger partial charge >= 0.3 is 0 Å². The van der Waals surface area contributed by atoms with Gasteiger partial charge in [0.15, 0.2) is 0 Å². The fourth-order valence-electron chi connectivity index (χ4n) is 5.43. The molecule has 1 atom stereocenters. The predicted molar refractivity (Wildman–Crippen MR) is 158 cm³/mol. The highest BCUT2D eigenvalue weighted by molar-refractivity contribution is 5.98. The zero-order valence-electron chi connectivity index (χ0n) is 23.5. The van der Waals surface area contributed by atoms with Crippen molar-refractivity contribution in [2.75, 3.05) is 27.2 Å². The number of aromatic hydroxyl groups is 1. The van der Waals surface area contributed by atoms with Crippen LogP contribution in [0.5, 0.6) is 11.6 Å². The number of hydrogen-bond acceptors (Lipinski definition) is 4. The van der Waals surface area contributed by atoms with Gasteiger partial charge in [0, 0.05) is 28.6 Å². The van der Waals surface area contributed by atoms with E-state index in [1.54, 1.807) is 6.07 Å². The van der Waals surface area contributed by atoms with E-state index in [9.17, 15) is 9.90 Å². The molecule has 1 unspecified atom stereocenters. The molecule has 4 rings (SSSR count). The minimum Gasteiger partial charge on any atom is -0.506 e. The summed E-state index contributed by atoms with van der Waals surface area (Å²) in [6.07, 6.45) is 3.98. The number of aromatic nitrogens is 1. The number of aryl methyl sites for hydroxylation is 1. The Labute approximate surface area is 231 Å². The number of unbranched alkanes of at least 4 members (excludes halogenated alkanes) is 1. The summed E-state index contributed by atoms with van der Waals surface area (Å²) in [7, 11) is 4.35. The summed E-state index contributed by atoms with van der Waals surface area (Å²) in [5.41, 5.74) is 9.24. The molecule has 0 aliphatic rings. The van der Waals surface area contributed by atoms with Gasteiger partial charge in [0.05, 0.1) is 19.7 Å². The maximum Gasteiger partial charge on any atom is 0.252 e. The van der Waals surface area contributed by atoms with Gasteiger partial charge in [0.2, 0.25) is 5.88 Å². The molecular weight excluding hydrogens is 486 g/mol. The Morgan fingerprint density at radius 3 is 2.44 bits per heavy atom. The molecule has 0 bridgehead atoms. The summed E-state index contributed by atoms with van der Waals surface area (Å²) < 4.78 is 6.98. The summed E-state index contributed by atoms with van der Waals surface area (Å²) in [6.45, 7) is 5.54. The van der Waals surface area contributed by atoms with Gasteiger partial charge in [-0.2, -0.15) is 0 Å². The SMILES string of the molecule is CCCCc1cc2ccccc2c(OCC[N+](C)(C)C(CC)c2ccc(C(N)=O)c(O)c2-c2ccccc2)n1. The monoisotopic (exact) mass is 526 g/mol. The maximum absolute atomic E-state index is 12.0. The number of carbonyl (C=O) groups is 1. The first-order valence-electron chi connectivity index (χ1n) is 13.8. The molecule has 3 aromatic carbocycles. The van der Waals surface area contributed by atoms with Crippen molar-refractivity contribution in [1.29, 1.82) is 0 Å². The van der Waals surface area contributed by atoms with Crippen LogP contribution in [-0.4, -0.2) is 47.7 Å². The van der Waals surface area contributed by atoms with E-state index in [2.05, 4.69) is 46.1 Å². The lowest BCUT2D eigenvalue weighted by Gasteiger charge is -2.39. The molecule has 39 heavy (non-hydrogen) atoms. The summed E-state index contributed by atoms with van der Waals surface area (Å²) in [6, 6.07) is 23.7. The van der Waals surface area contributed by atoms with Crippen LogP contribution >= 0.6 is 0 Å². The van der Waals surface area contributed by atoms with Gasteiger partial charge in [-0.15, -0.1) is 0 Å². The summed E-state index contributed by atoms with van der Waals surface area (Å²) in [4.78, 5) is 16.9. The Morgan fingerprint density at radius 1 is 1.03 bits per heavy atom. The average Bonchev–Trinajstić information content (AvgIpc) is 2.92. The molecule has 1 amide bonds. The third kappa shape index (κ3) is 6.23. The Morgan fingerprint density at radius 2 is 1.74 bits per heavy atom. The Bertz CT molecular complexity index is 1430. The smallest absolute Gasteiger partial charge is 0.252 e. The van der Waals surface area contributed by atoms with Crippen molar-refractivity contribution in [1.82, 2.24) is 4.98 Å². The van der Waals surface area contributed by atoms with Gasteiger partial charge in [-0.25, -0.2) is 4.98 Å². The van der Waals surface area contributed by atoms with Crippen LogP contribution in [0.15, 0.2) is 72.8 Å². The topological polar surface area (TPSA) is 85.4 Å². The van der Waals surface area contributed by atoms with Crippen molar-refractivity contribution < 1.29 is 19.1 Å². The quantitative estimate of drug-likeness (QED) is 0.202. The lowest BCUT2D eigenvalue weighted by molar-refractivity contribution is -0.921. The van der Waals surface area contributed by atoms with Gasteiger partial charge in [0.1, 0.15) is 24.9 Å². The first-order chi connectivity index (χ1) is 18.8. The molecule has 3 N–H and O–H groups in total. The molecule has 0 saturated heterocycles. The number of primary amides is 1. The molecule has 1 aromatic heterocycles. The number of rotatable bonds is 12. The molecule has 0 saturated carbocycles. The number of amides is 1. The van der Waals surface area contributed by atoms with E-state index >= 15 is 0 Å². The van der Waals surface area contributed by atoms with E-state index in [0.717, 1.165) is 59.8 Å². The number of quaternary nitrogens is 1. The number of benzene rings is 3. The van der Waals surface area contributed by atoms with E-state index < -0.39 is 5.91 Å². The maximum atomic E-state index is 12.0. The van der Waals surface area contributed by atoms with Crippen LogP contribution in [0.2, 0.25) is 0 Å². The fraction of sp³-hybridized carbons (Fsp3) is 0.333. The number of ether oxygens (including phenoxy) is 1. The molecule has 0 spiro atoms. The van der Waals surface area contributed by atoms with Crippen molar-refractivity contribution in [2.45, 2.75) is 45.6 Å². The minimum absolute atomic E-state index is 0.0391. The molecule has 1 heterocycles. The molecular formula is C33H40N3O3+. The zero-order valence-corrected chi connectivity index (χ0v) is 23.5. The Balaban J connectivity index is 1.63. The number of nitrogens with two attached hydrogens (primary N) is 1. The van der Waals surface area contributed by atoms with E-state index in [1.807, 2.05) is 48.5 Å². The third-order valence-electron chi connectivity index (χ3n) is 7.58. The average molecular weight is 527 g/mol. The Kier molecular flexibility index (Phi) is 8.87. The van der Waals surface area contributed by atoms with Crippen molar-refractivity contribution in [2.24, 2.45) is 5.73 Å². The van der Waals surface area contributed by atoms with Crippen LogP contribution in [0.4, 0.5) is 0 Å². The first-order valence-corrected chi connectivity index (χ1v) is 13.8. The second-order valence-corrected chi connectivity index (χ2v) is 10.7. The highest BCUT2D eigenvalue weighted by Gasteiger charge is 2.33. The van der Waals surface area contributed by atoms with Crippen LogP contribution in [0.25, 0.3) is 21.9 Å². The highest BCUT2D eigenvalue weighted by atomic mass is 16.5. The highest BCUT2D eigenvalue weighted by Crippen LogP contribution is 2.42. The largest absolute Gasteiger partial charge is 0.506 e. The number of fused-ring (bicyclic) bond motifs is 1. The lowest BCUT2D eigenvalue weighted by atomic mass is 9.89. The van der Waals surface area contributed by atoms with Crippen molar-refractivity contribution in [3.05, 3.63) is 89.6 Å². The van der Waals surface area contributed by atoms with Crippen LogP contribution < -0.4 is 10.5 Å². The number of carbonyl (C=O) groups excluding carboxylic acids is 1. The number of hydrogen-bond donors (Lipinski definition) is 2. The second kappa shape index (κ2) is 12.3. The van der Waals surface area contributed by atoms with Crippen molar-refractivity contribution in [3.63, 3.8) is 0 Å². The first kappa shape index (κ1) is 28.1. The number of nitrogens with zero attached hydrogens (tertiary/aromatic N) is 2. The summed E-state index contributed by atoms with van der Waals surface area (Å²) in [5.74, 6) is -0.0338. The minimum atomic E-state index is -0.646. The van der Waals surface area contributed by atoms with E-state index in [4.69, 9.17) is 15.5 Å². The van der Waals surface area contributed by atoms with Crippen molar-refractivity contribution >= 4 is 16.7 Å². The van der Waals surface area contributed by atoms with Gasteiger partial charge in [-0.1, -0.05) is 74.9 Å². The van der Waals surface area contributed by atoms with Gasteiger partial charge in [-0.05, 0) is 42.0 Å². The molecule has 204 valence electrons. The second-order valence-electron chi connectivity index (χ2n) is 10.7. The van der Waals surface area contributed by atoms with E-state index in [0.29, 0.717) is 22.5 Å². The lowest BCUT2D eigenvalue weighted by Crippen LogP contribution is -2.46. The van der Waals surface area contributed by atoms with E-state index in [-0.39, 0.29) is 17.4 Å². The van der Waals surface area contributed by atoms with Gasteiger partial charge in [0.25, 0.3) is 5.91 Å². The van der Waals surface area contributed by atoms with Crippen LogP contribution in [-0.2, 0) is 6.42 Å². The van der Waals surface area contributed by atoms with Gasteiger partial charge in [-0.3, -0.25) is 4.79 Å². The zero-order chi connectivity index (χ0) is 28.0. The third-order valence-corrected chi connectivity index (χ3v) is 7.58. The predicted octanol–water partition coefficient (Wildman–Crippen LogP) is 6.66. The molecule has 0 aliphatic carbocycles.